The maximum absolute atomic E-state index is 12.9. The van der Waals surface area contributed by atoms with Gasteiger partial charge in [0, 0.05) is 11.6 Å². The molecule has 0 amide bonds. The highest BCUT2D eigenvalue weighted by molar-refractivity contribution is 6.31. The van der Waals surface area contributed by atoms with Crippen molar-refractivity contribution in [1.29, 1.82) is 0 Å². The van der Waals surface area contributed by atoms with E-state index in [0.717, 1.165) is 18.5 Å². The van der Waals surface area contributed by atoms with E-state index in [1.54, 1.807) is 6.07 Å². The average molecular weight is 264 g/mol. The molecule has 1 N–H and O–H groups in total. The first-order valence-electron chi connectivity index (χ1n) is 5.94. The zero-order chi connectivity index (χ0) is 12.8. The van der Waals surface area contributed by atoms with Gasteiger partial charge in [0.2, 0.25) is 0 Å². The van der Waals surface area contributed by atoms with Crippen molar-refractivity contribution in [1.82, 2.24) is 5.32 Å². The molecular formula is C15H15ClFN. The summed E-state index contributed by atoms with van der Waals surface area (Å²) in [7, 11) is 0. The minimum atomic E-state index is -0.298. The van der Waals surface area contributed by atoms with Gasteiger partial charge in [-0.1, -0.05) is 48.0 Å². The Balaban J connectivity index is 1.79. The smallest absolute Gasteiger partial charge is 0.124 e. The van der Waals surface area contributed by atoms with E-state index in [1.165, 1.54) is 17.7 Å². The van der Waals surface area contributed by atoms with Crippen LogP contribution in [-0.2, 0) is 13.0 Å². The molecule has 3 heteroatoms. The predicted molar refractivity (Wildman–Crippen MR) is 73.3 cm³/mol. The van der Waals surface area contributed by atoms with Crippen molar-refractivity contribution in [3.8, 4) is 0 Å². The molecule has 0 spiro atoms. The summed E-state index contributed by atoms with van der Waals surface area (Å²) in [5.74, 6) is -0.298. The van der Waals surface area contributed by atoms with E-state index in [0.29, 0.717) is 11.6 Å². The van der Waals surface area contributed by atoms with Crippen LogP contribution in [0, 0.1) is 5.82 Å². The lowest BCUT2D eigenvalue weighted by Gasteiger charge is -2.07. The van der Waals surface area contributed by atoms with Gasteiger partial charge in [-0.15, -0.1) is 0 Å². The highest BCUT2D eigenvalue weighted by Gasteiger charge is 2.01. The van der Waals surface area contributed by atoms with Crippen molar-refractivity contribution in [3.63, 3.8) is 0 Å². The van der Waals surface area contributed by atoms with Crippen LogP contribution >= 0.6 is 11.6 Å². The average Bonchev–Trinajstić information content (AvgIpc) is 2.38. The fourth-order valence-electron chi connectivity index (χ4n) is 1.77. The Morgan fingerprint density at radius 2 is 1.83 bits per heavy atom. The van der Waals surface area contributed by atoms with E-state index in [9.17, 15) is 4.39 Å². The Hall–Kier alpha value is -1.38. The Morgan fingerprint density at radius 3 is 2.56 bits per heavy atom. The third-order valence-corrected chi connectivity index (χ3v) is 3.12. The second-order valence-electron chi connectivity index (χ2n) is 4.15. The van der Waals surface area contributed by atoms with Crippen molar-refractivity contribution in [2.24, 2.45) is 0 Å². The van der Waals surface area contributed by atoms with Gasteiger partial charge in [0.1, 0.15) is 5.82 Å². The fourth-order valence-corrected chi connectivity index (χ4v) is 2.00. The van der Waals surface area contributed by atoms with Gasteiger partial charge in [-0.25, -0.2) is 4.39 Å². The van der Waals surface area contributed by atoms with Crippen LogP contribution in [-0.4, -0.2) is 6.54 Å². The number of nitrogens with one attached hydrogen (secondary N) is 1. The van der Waals surface area contributed by atoms with E-state index in [1.807, 2.05) is 18.2 Å². The molecular weight excluding hydrogens is 249 g/mol. The number of benzene rings is 2. The SMILES string of the molecule is Fc1ccc(CNCCc2ccccc2)c(Cl)c1. The summed E-state index contributed by atoms with van der Waals surface area (Å²) in [4.78, 5) is 0. The van der Waals surface area contributed by atoms with Crippen LogP contribution in [0.3, 0.4) is 0 Å². The number of rotatable bonds is 5. The molecule has 0 aliphatic heterocycles. The normalized spacial score (nSPS) is 10.6. The Kier molecular flexibility index (Phi) is 4.73. The van der Waals surface area contributed by atoms with Gasteiger partial charge in [-0.05, 0) is 36.2 Å². The molecule has 2 aromatic rings. The molecule has 0 aromatic heterocycles. The number of halogens is 2. The minimum Gasteiger partial charge on any atom is -0.312 e. The van der Waals surface area contributed by atoms with Crippen LogP contribution in [0.4, 0.5) is 4.39 Å². The molecule has 0 saturated carbocycles. The van der Waals surface area contributed by atoms with Crippen molar-refractivity contribution in [2.75, 3.05) is 6.54 Å². The van der Waals surface area contributed by atoms with Crippen LogP contribution in [0.15, 0.2) is 48.5 Å². The summed E-state index contributed by atoms with van der Waals surface area (Å²) < 4.78 is 12.9. The molecule has 94 valence electrons. The summed E-state index contributed by atoms with van der Waals surface area (Å²) in [5, 5.41) is 3.78. The summed E-state index contributed by atoms with van der Waals surface area (Å²) in [6.07, 6.45) is 0.972. The molecule has 1 nitrogen and oxygen atoms in total. The molecule has 0 unspecified atom stereocenters. The van der Waals surface area contributed by atoms with Crippen molar-refractivity contribution >= 4 is 11.6 Å². The van der Waals surface area contributed by atoms with Crippen LogP contribution < -0.4 is 5.32 Å². The number of hydrogen-bond acceptors (Lipinski definition) is 1. The quantitative estimate of drug-likeness (QED) is 0.809. The zero-order valence-electron chi connectivity index (χ0n) is 10.00. The fraction of sp³-hybridized carbons (Fsp3) is 0.200. The number of hydrogen-bond donors (Lipinski definition) is 1. The van der Waals surface area contributed by atoms with Crippen molar-refractivity contribution in [3.05, 3.63) is 70.5 Å². The topological polar surface area (TPSA) is 12.0 Å². The zero-order valence-corrected chi connectivity index (χ0v) is 10.8. The second kappa shape index (κ2) is 6.53. The first kappa shape index (κ1) is 13.1. The molecule has 0 aliphatic carbocycles. The minimum absolute atomic E-state index is 0.298. The third-order valence-electron chi connectivity index (χ3n) is 2.76. The molecule has 0 bridgehead atoms. The van der Waals surface area contributed by atoms with Crippen LogP contribution in [0.1, 0.15) is 11.1 Å². The molecule has 2 aromatic carbocycles. The lowest BCUT2D eigenvalue weighted by molar-refractivity contribution is 0.625. The molecule has 0 radical (unpaired) electrons. The van der Waals surface area contributed by atoms with Crippen LogP contribution in [0.5, 0.6) is 0 Å². The molecule has 0 heterocycles. The standard InChI is InChI=1S/C15H15ClFN/c16-15-10-14(17)7-6-13(15)11-18-9-8-12-4-2-1-3-5-12/h1-7,10,18H,8-9,11H2. The van der Waals surface area contributed by atoms with Gasteiger partial charge >= 0.3 is 0 Å². The lowest BCUT2D eigenvalue weighted by atomic mass is 10.1. The summed E-state index contributed by atoms with van der Waals surface area (Å²) in [6.45, 7) is 1.53. The van der Waals surface area contributed by atoms with E-state index >= 15 is 0 Å². The summed E-state index contributed by atoms with van der Waals surface area (Å²) >= 11 is 5.95. The van der Waals surface area contributed by atoms with Gasteiger partial charge < -0.3 is 5.32 Å². The van der Waals surface area contributed by atoms with Crippen LogP contribution in [0.25, 0.3) is 0 Å². The molecule has 0 atom stereocenters. The monoisotopic (exact) mass is 263 g/mol. The Labute approximate surface area is 112 Å². The van der Waals surface area contributed by atoms with E-state index in [2.05, 4.69) is 17.4 Å². The van der Waals surface area contributed by atoms with Gasteiger partial charge in [0.05, 0.1) is 0 Å². The van der Waals surface area contributed by atoms with E-state index in [-0.39, 0.29) is 5.82 Å². The maximum Gasteiger partial charge on any atom is 0.124 e. The molecule has 0 aliphatic rings. The largest absolute Gasteiger partial charge is 0.312 e. The molecule has 18 heavy (non-hydrogen) atoms. The first-order valence-corrected chi connectivity index (χ1v) is 6.32. The van der Waals surface area contributed by atoms with Crippen molar-refractivity contribution < 1.29 is 4.39 Å². The molecule has 2 rings (SSSR count). The Bertz CT molecular complexity index is 499. The summed E-state index contributed by atoms with van der Waals surface area (Å²) in [6, 6.07) is 14.8. The lowest BCUT2D eigenvalue weighted by Crippen LogP contribution is -2.16. The molecule has 0 saturated heterocycles. The van der Waals surface area contributed by atoms with E-state index in [4.69, 9.17) is 11.6 Å². The summed E-state index contributed by atoms with van der Waals surface area (Å²) in [5.41, 5.74) is 2.22. The Morgan fingerprint density at radius 1 is 1.06 bits per heavy atom. The highest BCUT2D eigenvalue weighted by atomic mass is 35.5. The molecule has 0 fully saturated rings. The third kappa shape index (κ3) is 3.83. The second-order valence-corrected chi connectivity index (χ2v) is 4.56. The van der Waals surface area contributed by atoms with Gasteiger partial charge in [0.25, 0.3) is 0 Å². The van der Waals surface area contributed by atoms with Crippen molar-refractivity contribution in [2.45, 2.75) is 13.0 Å². The predicted octanol–water partition coefficient (Wildman–Crippen LogP) is 3.81. The maximum atomic E-state index is 12.9. The van der Waals surface area contributed by atoms with Gasteiger partial charge in [-0.2, -0.15) is 0 Å². The van der Waals surface area contributed by atoms with Gasteiger partial charge in [0.15, 0.2) is 0 Å². The first-order chi connectivity index (χ1) is 8.75. The van der Waals surface area contributed by atoms with Gasteiger partial charge in [-0.3, -0.25) is 0 Å². The van der Waals surface area contributed by atoms with E-state index < -0.39 is 0 Å². The highest BCUT2D eigenvalue weighted by Crippen LogP contribution is 2.16. The van der Waals surface area contributed by atoms with Crippen LogP contribution in [0.2, 0.25) is 5.02 Å².